The first-order valence-corrected chi connectivity index (χ1v) is 4.87. The Kier molecular flexibility index (Phi) is 3.93. The van der Waals surface area contributed by atoms with Crippen LogP contribution in [0.1, 0.15) is 5.56 Å². The fourth-order valence-electron chi connectivity index (χ4n) is 0.780. The highest BCUT2D eigenvalue weighted by Crippen LogP contribution is 2.12. The van der Waals surface area contributed by atoms with Crippen molar-refractivity contribution < 1.29 is 0 Å². The fraction of sp³-hybridized carbons (Fsp3) is 0.125. The van der Waals surface area contributed by atoms with Gasteiger partial charge in [0.1, 0.15) is 0 Å². The van der Waals surface area contributed by atoms with Gasteiger partial charge < -0.3 is 11.5 Å². The first kappa shape index (κ1) is 10.5. The molecule has 0 saturated heterocycles. The summed E-state index contributed by atoms with van der Waals surface area (Å²) >= 11 is 1.27. The van der Waals surface area contributed by atoms with Gasteiger partial charge in [-0.3, -0.25) is 10.4 Å². The van der Waals surface area contributed by atoms with E-state index in [0.29, 0.717) is 5.75 Å². The van der Waals surface area contributed by atoms with Crippen molar-refractivity contribution in [1.29, 1.82) is 5.41 Å². The molecule has 0 aliphatic rings. The minimum Gasteiger partial charge on any atom is -0.370 e. The van der Waals surface area contributed by atoms with Crippen LogP contribution >= 0.6 is 11.8 Å². The highest BCUT2D eigenvalue weighted by molar-refractivity contribution is 8.13. The molecular formula is C8H11N5S. The molecule has 1 aromatic rings. The standard InChI is InChI=1S/C8H11N5S/c9-7(10)13-8(11)14-5-6-1-3-12-4-2-6/h1-4H,5H2,(H5,9,10,11,13). The summed E-state index contributed by atoms with van der Waals surface area (Å²) in [7, 11) is 0. The van der Waals surface area contributed by atoms with Crippen LogP contribution in [0, 0.1) is 5.41 Å². The largest absolute Gasteiger partial charge is 0.370 e. The second-order valence-electron chi connectivity index (χ2n) is 2.49. The molecule has 0 saturated carbocycles. The maximum atomic E-state index is 7.37. The number of pyridine rings is 1. The molecule has 1 heterocycles. The third-order valence-electron chi connectivity index (χ3n) is 1.36. The number of nitrogens with one attached hydrogen (secondary N) is 1. The predicted octanol–water partition coefficient (Wildman–Crippen LogP) is 0.523. The van der Waals surface area contributed by atoms with Gasteiger partial charge in [-0.15, -0.1) is 0 Å². The van der Waals surface area contributed by atoms with Crippen LogP contribution in [0.5, 0.6) is 0 Å². The van der Waals surface area contributed by atoms with Crippen LogP contribution < -0.4 is 11.5 Å². The van der Waals surface area contributed by atoms with Crippen molar-refractivity contribution >= 4 is 22.9 Å². The number of rotatable bonds is 2. The lowest BCUT2D eigenvalue weighted by Crippen LogP contribution is -2.23. The summed E-state index contributed by atoms with van der Waals surface area (Å²) in [5, 5.41) is 7.48. The Labute approximate surface area is 86.1 Å². The Morgan fingerprint density at radius 3 is 2.64 bits per heavy atom. The minimum atomic E-state index is -0.0859. The zero-order valence-corrected chi connectivity index (χ0v) is 8.29. The molecule has 0 radical (unpaired) electrons. The van der Waals surface area contributed by atoms with Gasteiger partial charge in [0.15, 0.2) is 11.1 Å². The smallest absolute Gasteiger partial charge is 0.193 e. The second-order valence-corrected chi connectivity index (χ2v) is 3.45. The van der Waals surface area contributed by atoms with Gasteiger partial charge >= 0.3 is 0 Å². The van der Waals surface area contributed by atoms with Gasteiger partial charge in [-0.05, 0) is 17.7 Å². The van der Waals surface area contributed by atoms with Crippen molar-refractivity contribution in [1.82, 2.24) is 4.98 Å². The fourth-order valence-corrected chi connectivity index (χ4v) is 1.45. The van der Waals surface area contributed by atoms with E-state index >= 15 is 0 Å². The lowest BCUT2D eigenvalue weighted by Gasteiger charge is -1.98. The number of hydrogen-bond donors (Lipinski definition) is 3. The van der Waals surface area contributed by atoms with Crippen LogP contribution in [-0.2, 0) is 5.75 Å². The molecule has 6 heteroatoms. The Morgan fingerprint density at radius 1 is 1.43 bits per heavy atom. The average molecular weight is 209 g/mol. The quantitative estimate of drug-likeness (QED) is 0.488. The second kappa shape index (κ2) is 5.23. The summed E-state index contributed by atoms with van der Waals surface area (Å²) in [6.07, 6.45) is 3.42. The van der Waals surface area contributed by atoms with E-state index in [2.05, 4.69) is 9.98 Å². The Morgan fingerprint density at radius 2 is 2.07 bits per heavy atom. The van der Waals surface area contributed by atoms with E-state index in [0.717, 1.165) is 5.56 Å². The third kappa shape index (κ3) is 3.90. The number of nitrogens with zero attached hydrogens (tertiary/aromatic N) is 2. The summed E-state index contributed by atoms with van der Waals surface area (Å²) < 4.78 is 0. The first-order chi connectivity index (χ1) is 6.68. The number of nitrogens with two attached hydrogens (primary N) is 2. The van der Waals surface area contributed by atoms with Crippen molar-refractivity contribution in [2.45, 2.75) is 5.75 Å². The number of thioether (sulfide) groups is 1. The van der Waals surface area contributed by atoms with Crippen LogP contribution in [0.2, 0.25) is 0 Å². The van der Waals surface area contributed by atoms with E-state index in [4.69, 9.17) is 16.9 Å². The molecule has 0 aliphatic heterocycles. The maximum absolute atomic E-state index is 7.37. The van der Waals surface area contributed by atoms with Gasteiger partial charge in [-0.25, -0.2) is 0 Å². The number of hydrogen-bond acceptors (Lipinski definition) is 3. The highest BCUT2D eigenvalue weighted by atomic mass is 32.2. The van der Waals surface area contributed by atoms with E-state index in [1.54, 1.807) is 12.4 Å². The molecule has 5 nitrogen and oxygen atoms in total. The van der Waals surface area contributed by atoms with Crippen molar-refractivity contribution in [2.24, 2.45) is 16.5 Å². The van der Waals surface area contributed by atoms with E-state index in [1.807, 2.05) is 12.1 Å². The molecule has 1 rings (SSSR count). The third-order valence-corrected chi connectivity index (χ3v) is 2.20. The predicted molar refractivity (Wildman–Crippen MR) is 59.1 cm³/mol. The van der Waals surface area contributed by atoms with Gasteiger partial charge in [-0.2, -0.15) is 4.99 Å². The lowest BCUT2D eigenvalue weighted by atomic mass is 10.3. The zero-order chi connectivity index (χ0) is 10.4. The molecule has 14 heavy (non-hydrogen) atoms. The summed E-state index contributed by atoms with van der Waals surface area (Å²) in [6, 6.07) is 3.77. The number of amidine groups is 1. The highest BCUT2D eigenvalue weighted by Gasteiger charge is 1.97. The maximum Gasteiger partial charge on any atom is 0.193 e. The molecule has 0 amide bonds. The topological polar surface area (TPSA) is 101 Å². The Balaban J connectivity index is 2.42. The van der Waals surface area contributed by atoms with Gasteiger partial charge in [0.25, 0.3) is 0 Å². The molecule has 0 atom stereocenters. The van der Waals surface area contributed by atoms with Gasteiger partial charge in [0, 0.05) is 18.1 Å². The van der Waals surface area contributed by atoms with Crippen molar-refractivity contribution in [3.05, 3.63) is 30.1 Å². The van der Waals surface area contributed by atoms with Gasteiger partial charge in [-0.1, -0.05) is 11.8 Å². The summed E-state index contributed by atoms with van der Waals surface area (Å²) in [4.78, 5) is 7.49. The molecule has 5 N–H and O–H groups in total. The number of aromatic nitrogens is 1. The molecule has 0 aromatic carbocycles. The van der Waals surface area contributed by atoms with E-state index in [9.17, 15) is 0 Å². The average Bonchev–Trinajstić information content (AvgIpc) is 2.15. The van der Waals surface area contributed by atoms with Crippen LogP contribution in [0.4, 0.5) is 0 Å². The van der Waals surface area contributed by atoms with Crippen molar-refractivity contribution in [3.63, 3.8) is 0 Å². The molecule has 0 aliphatic carbocycles. The molecule has 0 spiro atoms. The summed E-state index contributed by atoms with van der Waals surface area (Å²) in [5.74, 6) is 0.579. The van der Waals surface area contributed by atoms with E-state index in [-0.39, 0.29) is 11.1 Å². The molecule has 0 bridgehead atoms. The van der Waals surface area contributed by atoms with Crippen molar-refractivity contribution in [2.75, 3.05) is 0 Å². The molecule has 0 fully saturated rings. The molecular weight excluding hydrogens is 198 g/mol. The summed E-state index contributed by atoms with van der Waals surface area (Å²) in [5.41, 5.74) is 11.3. The van der Waals surface area contributed by atoms with Gasteiger partial charge in [0.2, 0.25) is 0 Å². The van der Waals surface area contributed by atoms with Crippen LogP contribution in [0.15, 0.2) is 29.5 Å². The lowest BCUT2D eigenvalue weighted by molar-refractivity contribution is 1.27. The van der Waals surface area contributed by atoms with E-state index < -0.39 is 0 Å². The minimum absolute atomic E-state index is 0.0859. The Hall–Kier alpha value is -1.56. The first-order valence-electron chi connectivity index (χ1n) is 3.88. The van der Waals surface area contributed by atoms with Crippen molar-refractivity contribution in [3.8, 4) is 0 Å². The SMILES string of the molecule is N=C(N=C(N)N)SCc1ccncc1. The number of aliphatic imine (C=N–C) groups is 1. The normalized spacial score (nSPS) is 9.43. The molecule has 74 valence electrons. The molecule has 1 aromatic heterocycles. The van der Waals surface area contributed by atoms with E-state index in [1.165, 1.54) is 11.8 Å². The summed E-state index contributed by atoms with van der Waals surface area (Å²) in [6.45, 7) is 0. The Bertz CT molecular complexity index is 331. The van der Waals surface area contributed by atoms with Crippen LogP contribution in [0.3, 0.4) is 0 Å². The van der Waals surface area contributed by atoms with Crippen LogP contribution in [0.25, 0.3) is 0 Å². The van der Waals surface area contributed by atoms with Crippen LogP contribution in [-0.4, -0.2) is 16.1 Å². The number of guanidine groups is 1. The monoisotopic (exact) mass is 209 g/mol. The van der Waals surface area contributed by atoms with Gasteiger partial charge in [0.05, 0.1) is 0 Å². The molecule has 0 unspecified atom stereocenters. The zero-order valence-electron chi connectivity index (χ0n) is 7.47.